The van der Waals surface area contributed by atoms with E-state index in [1.165, 1.54) is 0 Å². The van der Waals surface area contributed by atoms with E-state index in [1.807, 2.05) is 48.5 Å². The molecule has 170 valence electrons. The van der Waals surface area contributed by atoms with Gasteiger partial charge >= 0.3 is 11.9 Å². The third kappa shape index (κ3) is 4.48. The van der Waals surface area contributed by atoms with Crippen molar-refractivity contribution < 1.29 is 28.9 Å². The van der Waals surface area contributed by atoms with E-state index in [2.05, 4.69) is 9.97 Å². The Morgan fingerprint density at radius 3 is 2.03 bits per heavy atom. The SMILES string of the molecule is O=C(Cc1c[nH]c2ccccc12)O[C@H]1CCOC(O)[C@@H]1OC(=O)Cc1c[nH]c2ccccc12. The predicted molar refractivity (Wildman–Crippen MR) is 120 cm³/mol. The van der Waals surface area contributed by atoms with Crippen molar-refractivity contribution >= 4 is 33.7 Å². The normalized spacial score (nSPS) is 20.7. The molecular formula is C25H24N2O6. The van der Waals surface area contributed by atoms with Crippen LogP contribution in [0.15, 0.2) is 60.9 Å². The minimum absolute atomic E-state index is 0.0171. The largest absolute Gasteiger partial charge is 0.458 e. The van der Waals surface area contributed by atoms with Crippen LogP contribution in [0, 0.1) is 0 Å². The van der Waals surface area contributed by atoms with Crippen molar-refractivity contribution in [1.29, 1.82) is 0 Å². The second-order valence-electron chi connectivity index (χ2n) is 8.11. The van der Waals surface area contributed by atoms with Crippen molar-refractivity contribution in [2.24, 2.45) is 0 Å². The Bertz CT molecular complexity index is 1290. The van der Waals surface area contributed by atoms with E-state index in [9.17, 15) is 14.7 Å². The third-order valence-electron chi connectivity index (χ3n) is 5.91. The molecule has 1 unspecified atom stereocenters. The first kappa shape index (κ1) is 21.2. The molecule has 4 aromatic rings. The molecule has 3 atom stereocenters. The van der Waals surface area contributed by atoms with Crippen LogP contribution >= 0.6 is 0 Å². The molecular weight excluding hydrogens is 424 g/mol. The van der Waals surface area contributed by atoms with Gasteiger partial charge in [0.05, 0.1) is 19.4 Å². The van der Waals surface area contributed by atoms with Gasteiger partial charge in [-0.25, -0.2) is 0 Å². The number of hydrogen-bond donors (Lipinski definition) is 3. The molecule has 0 saturated carbocycles. The summed E-state index contributed by atoms with van der Waals surface area (Å²) in [6.07, 6.45) is 0.693. The maximum absolute atomic E-state index is 12.7. The van der Waals surface area contributed by atoms with Gasteiger partial charge in [0.2, 0.25) is 0 Å². The van der Waals surface area contributed by atoms with Crippen molar-refractivity contribution in [3.8, 4) is 0 Å². The average Bonchev–Trinajstić information content (AvgIpc) is 3.41. The maximum Gasteiger partial charge on any atom is 0.310 e. The van der Waals surface area contributed by atoms with E-state index in [1.54, 1.807) is 12.4 Å². The molecule has 2 aromatic carbocycles. The molecule has 0 spiro atoms. The number of rotatable bonds is 6. The highest BCUT2D eigenvalue weighted by Crippen LogP contribution is 2.24. The maximum atomic E-state index is 12.7. The van der Waals surface area contributed by atoms with Gasteiger partial charge in [-0.05, 0) is 23.3 Å². The zero-order chi connectivity index (χ0) is 22.8. The van der Waals surface area contributed by atoms with Gasteiger partial charge in [0.15, 0.2) is 12.4 Å². The number of aromatic amines is 2. The predicted octanol–water partition coefficient (Wildman–Crippen LogP) is 3.00. The van der Waals surface area contributed by atoms with Crippen LogP contribution in [0.25, 0.3) is 21.8 Å². The number of fused-ring (bicyclic) bond motifs is 2. The molecule has 1 saturated heterocycles. The van der Waals surface area contributed by atoms with E-state index in [4.69, 9.17) is 14.2 Å². The summed E-state index contributed by atoms with van der Waals surface area (Å²) in [5.41, 5.74) is 3.46. The minimum Gasteiger partial charge on any atom is -0.458 e. The number of carbonyl (C=O) groups is 2. The van der Waals surface area contributed by atoms with Gasteiger partial charge in [0.1, 0.15) is 6.10 Å². The number of para-hydroxylation sites is 2. The van der Waals surface area contributed by atoms with Crippen molar-refractivity contribution in [1.82, 2.24) is 9.97 Å². The third-order valence-corrected chi connectivity index (χ3v) is 5.91. The Balaban J connectivity index is 1.24. The summed E-state index contributed by atoms with van der Waals surface area (Å²) in [5.74, 6) is -0.997. The molecule has 8 nitrogen and oxygen atoms in total. The molecule has 0 radical (unpaired) electrons. The van der Waals surface area contributed by atoms with Gasteiger partial charge < -0.3 is 29.3 Å². The fraction of sp³-hybridized carbons (Fsp3) is 0.280. The highest BCUT2D eigenvalue weighted by Gasteiger charge is 2.39. The van der Waals surface area contributed by atoms with Gasteiger partial charge in [-0.1, -0.05) is 36.4 Å². The smallest absolute Gasteiger partial charge is 0.310 e. The number of hydrogen-bond acceptors (Lipinski definition) is 6. The highest BCUT2D eigenvalue weighted by atomic mass is 16.7. The average molecular weight is 448 g/mol. The summed E-state index contributed by atoms with van der Waals surface area (Å²) in [7, 11) is 0. The minimum atomic E-state index is -1.36. The highest BCUT2D eigenvalue weighted by molar-refractivity contribution is 5.88. The summed E-state index contributed by atoms with van der Waals surface area (Å²) in [6.45, 7) is 0.197. The summed E-state index contributed by atoms with van der Waals surface area (Å²) in [6, 6.07) is 15.3. The zero-order valence-electron chi connectivity index (χ0n) is 17.8. The number of benzene rings is 2. The van der Waals surface area contributed by atoms with Crippen molar-refractivity contribution in [2.75, 3.05) is 6.61 Å². The number of nitrogens with one attached hydrogen (secondary N) is 2. The first-order valence-corrected chi connectivity index (χ1v) is 10.9. The number of esters is 2. The second kappa shape index (κ2) is 9.09. The number of aliphatic hydroxyl groups excluding tert-OH is 1. The molecule has 0 amide bonds. The quantitative estimate of drug-likeness (QED) is 0.391. The van der Waals surface area contributed by atoms with Gasteiger partial charge in [-0.3, -0.25) is 9.59 Å². The second-order valence-corrected chi connectivity index (χ2v) is 8.11. The first-order chi connectivity index (χ1) is 16.1. The Morgan fingerprint density at radius 1 is 0.879 bits per heavy atom. The fourth-order valence-electron chi connectivity index (χ4n) is 4.28. The lowest BCUT2D eigenvalue weighted by molar-refractivity contribution is -0.239. The zero-order valence-corrected chi connectivity index (χ0v) is 17.8. The number of carbonyl (C=O) groups excluding carboxylic acids is 2. The molecule has 1 aliphatic rings. The molecule has 5 rings (SSSR count). The lowest BCUT2D eigenvalue weighted by atomic mass is 10.1. The van der Waals surface area contributed by atoms with E-state index >= 15 is 0 Å². The summed E-state index contributed by atoms with van der Waals surface area (Å²) in [4.78, 5) is 31.6. The number of ether oxygens (including phenoxy) is 3. The van der Waals surface area contributed by atoms with E-state index < -0.39 is 30.4 Å². The van der Waals surface area contributed by atoms with Crippen molar-refractivity contribution in [2.45, 2.75) is 37.8 Å². The van der Waals surface area contributed by atoms with Crippen molar-refractivity contribution in [3.05, 3.63) is 72.1 Å². The summed E-state index contributed by atoms with van der Waals surface area (Å²) in [5, 5.41) is 12.2. The summed E-state index contributed by atoms with van der Waals surface area (Å²) < 4.78 is 16.4. The van der Waals surface area contributed by atoms with Crippen LogP contribution in [0.5, 0.6) is 0 Å². The lowest BCUT2D eigenvalue weighted by Gasteiger charge is -2.34. The van der Waals surface area contributed by atoms with E-state index in [-0.39, 0.29) is 19.4 Å². The van der Waals surface area contributed by atoms with Gasteiger partial charge in [0, 0.05) is 40.6 Å². The van der Waals surface area contributed by atoms with Crippen LogP contribution in [0.4, 0.5) is 0 Å². The monoisotopic (exact) mass is 448 g/mol. The fourth-order valence-corrected chi connectivity index (χ4v) is 4.28. The topological polar surface area (TPSA) is 114 Å². The standard InChI is InChI=1S/C25H24N2O6/c28-22(11-15-13-26-19-7-3-1-5-17(15)19)32-21-9-10-31-25(30)24(21)33-23(29)12-16-14-27-20-8-4-2-6-18(16)20/h1-8,13-14,21,24-27,30H,9-12H2/t21-,24+,25?/m0/s1. The Hall–Kier alpha value is -3.62. The Kier molecular flexibility index (Phi) is 5.85. The molecule has 0 aliphatic carbocycles. The van der Waals surface area contributed by atoms with Crippen LogP contribution in [0.1, 0.15) is 17.5 Å². The molecule has 3 heterocycles. The Labute approximate surface area is 189 Å². The number of aromatic nitrogens is 2. The van der Waals surface area contributed by atoms with Gasteiger partial charge in [-0.2, -0.15) is 0 Å². The van der Waals surface area contributed by atoms with Crippen LogP contribution in [0.3, 0.4) is 0 Å². The Morgan fingerprint density at radius 2 is 1.42 bits per heavy atom. The number of aliphatic hydroxyl groups is 1. The van der Waals surface area contributed by atoms with Gasteiger partial charge in [-0.15, -0.1) is 0 Å². The summed E-state index contributed by atoms with van der Waals surface area (Å²) >= 11 is 0. The lowest BCUT2D eigenvalue weighted by Crippen LogP contribution is -2.49. The molecule has 8 heteroatoms. The van der Waals surface area contributed by atoms with Crippen LogP contribution < -0.4 is 0 Å². The molecule has 1 fully saturated rings. The molecule has 2 aromatic heterocycles. The number of H-pyrrole nitrogens is 2. The van der Waals surface area contributed by atoms with Crippen LogP contribution in [0.2, 0.25) is 0 Å². The van der Waals surface area contributed by atoms with Crippen molar-refractivity contribution in [3.63, 3.8) is 0 Å². The van der Waals surface area contributed by atoms with Crippen LogP contribution in [-0.2, 0) is 36.6 Å². The van der Waals surface area contributed by atoms with E-state index in [0.29, 0.717) is 6.42 Å². The molecule has 0 bridgehead atoms. The van der Waals surface area contributed by atoms with E-state index in [0.717, 1.165) is 32.9 Å². The molecule has 33 heavy (non-hydrogen) atoms. The molecule has 3 N–H and O–H groups in total. The van der Waals surface area contributed by atoms with Crippen LogP contribution in [-0.4, -0.2) is 52.1 Å². The van der Waals surface area contributed by atoms with Gasteiger partial charge in [0.25, 0.3) is 0 Å². The first-order valence-electron chi connectivity index (χ1n) is 10.9. The molecule has 1 aliphatic heterocycles.